The van der Waals surface area contributed by atoms with Gasteiger partial charge in [0.05, 0.1) is 0 Å². The van der Waals surface area contributed by atoms with Crippen molar-refractivity contribution < 1.29 is 14.7 Å². The fraction of sp³-hybridized carbons (Fsp3) is 0.562. The van der Waals surface area contributed by atoms with Crippen molar-refractivity contribution in [3.8, 4) is 5.75 Å². The Morgan fingerprint density at radius 2 is 1.86 bits per heavy atom. The van der Waals surface area contributed by atoms with Crippen LogP contribution in [0.1, 0.15) is 51.0 Å². The van der Waals surface area contributed by atoms with Crippen LogP contribution in [-0.4, -0.2) is 27.8 Å². The van der Waals surface area contributed by atoms with Crippen molar-refractivity contribution in [2.45, 2.75) is 46.6 Å². The number of ketones is 1. The van der Waals surface area contributed by atoms with E-state index < -0.39 is 16.7 Å². The molecule has 0 atom stereocenters. The topological polar surface area (TPSA) is 79.3 Å². The van der Waals surface area contributed by atoms with Crippen LogP contribution >= 0.6 is 0 Å². The summed E-state index contributed by atoms with van der Waals surface area (Å²) < 4.78 is 0. The van der Waals surface area contributed by atoms with E-state index in [-0.39, 0.29) is 23.3 Å². The SMILES string of the molecule is CC1(C)CC(NC(=O)c2ncccc2O)CC(C)(C)C1=O. The van der Waals surface area contributed by atoms with Crippen LogP contribution in [0.25, 0.3) is 0 Å². The van der Waals surface area contributed by atoms with Crippen molar-refractivity contribution in [1.29, 1.82) is 0 Å². The van der Waals surface area contributed by atoms with E-state index in [0.29, 0.717) is 12.8 Å². The zero-order valence-electron chi connectivity index (χ0n) is 12.9. The number of amides is 1. The number of carbonyl (C=O) groups is 2. The van der Waals surface area contributed by atoms with E-state index in [2.05, 4.69) is 10.3 Å². The minimum Gasteiger partial charge on any atom is -0.505 e. The lowest BCUT2D eigenvalue weighted by Crippen LogP contribution is -2.52. The molecule has 1 aromatic heterocycles. The maximum absolute atomic E-state index is 12.4. The van der Waals surface area contributed by atoms with Crippen molar-refractivity contribution in [3.63, 3.8) is 0 Å². The molecule has 5 nitrogen and oxygen atoms in total. The molecule has 114 valence electrons. The Bertz CT molecular complexity index is 559. The molecule has 0 bridgehead atoms. The molecule has 0 spiro atoms. The number of aromatic nitrogens is 1. The first-order valence-corrected chi connectivity index (χ1v) is 7.13. The van der Waals surface area contributed by atoms with Gasteiger partial charge in [0.1, 0.15) is 11.5 Å². The Labute approximate surface area is 124 Å². The van der Waals surface area contributed by atoms with Gasteiger partial charge in [0, 0.05) is 23.1 Å². The molecule has 0 aliphatic heterocycles. The first-order chi connectivity index (χ1) is 9.63. The Morgan fingerprint density at radius 3 is 2.38 bits per heavy atom. The van der Waals surface area contributed by atoms with Gasteiger partial charge in [-0.3, -0.25) is 9.59 Å². The molecule has 5 heteroatoms. The van der Waals surface area contributed by atoms with Crippen molar-refractivity contribution in [2.24, 2.45) is 10.8 Å². The second-order valence-electron chi connectivity index (χ2n) is 7.05. The van der Waals surface area contributed by atoms with E-state index in [1.807, 2.05) is 27.7 Å². The third-order valence-electron chi connectivity index (χ3n) is 4.08. The summed E-state index contributed by atoms with van der Waals surface area (Å²) in [6.45, 7) is 7.64. The average molecular weight is 290 g/mol. The van der Waals surface area contributed by atoms with Gasteiger partial charge in [-0.2, -0.15) is 0 Å². The lowest BCUT2D eigenvalue weighted by molar-refractivity contribution is -0.140. The van der Waals surface area contributed by atoms with Crippen LogP contribution in [0.5, 0.6) is 5.75 Å². The maximum Gasteiger partial charge on any atom is 0.273 e. The highest BCUT2D eigenvalue weighted by atomic mass is 16.3. The smallest absolute Gasteiger partial charge is 0.273 e. The standard InChI is InChI=1S/C16H22N2O3/c1-15(2)8-10(9-16(3,4)14(15)21)18-13(20)12-11(19)6-5-7-17-12/h5-7,10,19H,8-9H2,1-4H3,(H,18,20). The molecule has 0 aromatic carbocycles. The van der Waals surface area contributed by atoms with Crippen LogP contribution in [-0.2, 0) is 4.79 Å². The molecule has 21 heavy (non-hydrogen) atoms. The highest BCUT2D eigenvalue weighted by Gasteiger charge is 2.46. The molecule has 2 N–H and O–H groups in total. The van der Waals surface area contributed by atoms with E-state index >= 15 is 0 Å². The van der Waals surface area contributed by atoms with Gasteiger partial charge in [-0.05, 0) is 25.0 Å². The highest BCUT2D eigenvalue weighted by Crippen LogP contribution is 2.42. The molecule has 1 aliphatic rings. The predicted octanol–water partition coefficient (Wildman–Crippen LogP) is 2.30. The molecular weight excluding hydrogens is 268 g/mol. The van der Waals surface area contributed by atoms with E-state index in [4.69, 9.17) is 0 Å². The monoisotopic (exact) mass is 290 g/mol. The fourth-order valence-corrected chi connectivity index (χ4v) is 3.33. The maximum atomic E-state index is 12.4. The predicted molar refractivity (Wildman–Crippen MR) is 79.0 cm³/mol. The summed E-state index contributed by atoms with van der Waals surface area (Å²) in [5, 5.41) is 12.6. The molecule has 1 fully saturated rings. The summed E-state index contributed by atoms with van der Waals surface area (Å²) >= 11 is 0. The Hall–Kier alpha value is -1.91. The second kappa shape index (κ2) is 5.13. The minimum atomic E-state index is -0.466. The van der Waals surface area contributed by atoms with Crippen molar-refractivity contribution >= 4 is 11.7 Å². The summed E-state index contributed by atoms with van der Waals surface area (Å²) in [5.74, 6) is -0.319. The zero-order valence-corrected chi connectivity index (χ0v) is 12.9. The molecule has 1 saturated carbocycles. The molecule has 2 rings (SSSR count). The molecule has 1 aromatic rings. The largest absolute Gasteiger partial charge is 0.505 e. The molecule has 0 unspecified atom stereocenters. The van der Waals surface area contributed by atoms with Crippen LogP contribution in [0.3, 0.4) is 0 Å². The van der Waals surface area contributed by atoms with Gasteiger partial charge in [0.2, 0.25) is 0 Å². The molecule has 0 radical (unpaired) electrons. The summed E-state index contributed by atoms with van der Waals surface area (Å²) in [4.78, 5) is 28.5. The fourth-order valence-electron chi connectivity index (χ4n) is 3.33. The minimum absolute atomic E-state index is 0.0185. The van der Waals surface area contributed by atoms with Gasteiger partial charge >= 0.3 is 0 Å². The van der Waals surface area contributed by atoms with Gasteiger partial charge < -0.3 is 10.4 Å². The van der Waals surface area contributed by atoms with Crippen LogP contribution in [0.2, 0.25) is 0 Å². The van der Waals surface area contributed by atoms with Crippen molar-refractivity contribution in [3.05, 3.63) is 24.0 Å². The Balaban J connectivity index is 2.15. The van der Waals surface area contributed by atoms with Gasteiger partial charge in [-0.1, -0.05) is 27.7 Å². The van der Waals surface area contributed by atoms with Crippen LogP contribution in [0.4, 0.5) is 0 Å². The summed E-state index contributed by atoms with van der Waals surface area (Å²) in [5.41, 5.74) is -0.914. The van der Waals surface area contributed by atoms with Crippen molar-refractivity contribution in [2.75, 3.05) is 0 Å². The zero-order chi connectivity index (χ0) is 15.8. The van der Waals surface area contributed by atoms with Gasteiger partial charge in [-0.15, -0.1) is 0 Å². The molecule has 1 amide bonds. The van der Waals surface area contributed by atoms with Crippen molar-refractivity contribution in [1.82, 2.24) is 10.3 Å². The lowest BCUT2D eigenvalue weighted by atomic mass is 9.62. The van der Waals surface area contributed by atoms with Gasteiger partial charge in [0.15, 0.2) is 5.69 Å². The number of hydrogen-bond acceptors (Lipinski definition) is 4. The number of hydrogen-bond donors (Lipinski definition) is 2. The van der Waals surface area contributed by atoms with E-state index in [0.717, 1.165) is 0 Å². The summed E-state index contributed by atoms with van der Waals surface area (Å²) in [6, 6.07) is 2.89. The van der Waals surface area contributed by atoms with Gasteiger partial charge in [0.25, 0.3) is 5.91 Å². The summed E-state index contributed by atoms with van der Waals surface area (Å²) in [6.07, 6.45) is 2.65. The van der Waals surface area contributed by atoms with E-state index in [1.54, 1.807) is 6.07 Å². The Morgan fingerprint density at radius 1 is 1.29 bits per heavy atom. The summed E-state index contributed by atoms with van der Waals surface area (Å²) in [7, 11) is 0. The number of pyridine rings is 1. The van der Waals surface area contributed by atoms with E-state index in [1.165, 1.54) is 12.3 Å². The van der Waals surface area contributed by atoms with Crippen LogP contribution < -0.4 is 5.32 Å². The number of aromatic hydroxyl groups is 1. The normalized spacial score (nSPS) is 21.0. The second-order valence-corrected chi connectivity index (χ2v) is 7.05. The molecule has 1 aliphatic carbocycles. The third-order valence-corrected chi connectivity index (χ3v) is 4.08. The number of rotatable bonds is 2. The quantitative estimate of drug-likeness (QED) is 0.876. The number of Topliss-reactive ketones (excluding diaryl/α,β-unsaturated/α-hetero) is 1. The van der Waals surface area contributed by atoms with Gasteiger partial charge in [-0.25, -0.2) is 4.98 Å². The van der Waals surface area contributed by atoms with Crippen LogP contribution in [0.15, 0.2) is 18.3 Å². The lowest BCUT2D eigenvalue weighted by Gasteiger charge is -2.43. The molecular formula is C16H22N2O3. The first-order valence-electron chi connectivity index (χ1n) is 7.13. The number of nitrogens with one attached hydrogen (secondary N) is 1. The number of carbonyl (C=O) groups excluding carboxylic acids is 2. The molecule has 1 heterocycles. The Kier molecular flexibility index (Phi) is 3.78. The van der Waals surface area contributed by atoms with E-state index in [9.17, 15) is 14.7 Å². The highest BCUT2D eigenvalue weighted by molar-refractivity contribution is 5.95. The van der Waals surface area contributed by atoms with Crippen LogP contribution in [0, 0.1) is 10.8 Å². The first kappa shape index (κ1) is 15.5. The third kappa shape index (κ3) is 3.06. The average Bonchev–Trinajstić information content (AvgIpc) is 2.35. The number of nitrogens with zero attached hydrogens (tertiary/aromatic N) is 1. The molecule has 0 saturated heterocycles.